The van der Waals surface area contributed by atoms with Gasteiger partial charge in [0.15, 0.2) is 5.54 Å². The second kappa shape index (κ2) is 5.61. The normalized spacial score (nSPS) is 26.2. The minimum atomic E-state index is -0.773. The number of hydrogen-bond donors (Lipinski definition) is 1. The van der Waals surface area contributed by atoms with Gasteiger partial charge in [-0.2, -0.15) is 0 Å². The molecule has 1 aromatic rings. The smallest absolute Gasteiger partial charge is 0.334 e. The molecule has 1 aliphatic heterocycles. The largest absolute Gasteiger partial charge is 0.464 e. The maximum atomic E-state index is 12.3. The Labute approximate surface area is 114 Å². The van der Waals surface area contributed by atoms with E-state index in [1.807, 2.05) is 45.0 Å². The summed E-state index contributed by atoms with van der Waals surface area (Å²) in [5.74, 6) is -0.236. The van der Waals surface area contributed by atoms with Gasteiger partial charge in [-0.3, -0.25) is 0 Å². The van der Waals surface area contributed by atoms with Crippen molar-refractivity contribution in [3.63, 3.8) is 0 Å². The van der Waals surface area contributed by atoms with E-state index in [0.717, 1.165) is 5.69 Å². The summed E-state index contributed by atoms with van der Waals surface area (Å²) in [6.45, 7) is 6.71. The number of carbonyl (C=O) groups is 1. The average Bonchev–Trinajstić information content (AvgIpc) is 2.75. The van der Waals surface area contributed by atoms with Gasteiger partial charge in [0.2, 0.25) is 0 Å². The number of benzene rings is 1. The molecule has 4 nitrogen and oxygen atoms in total. The molecule has 0 amide bonds. The van der Waals surface area contributed by atoms with Crippen molar-refractivity contribution in [2.75, 3.05) is 18.5 Å². The fraction of sp³-hybridized carbons (Fsp3) is 0.533. The minimum absolute atomic E-state index is 0.201. The molecular weight excluding hydrogens is 242 g/mol. The van der Waals surface area contributed by atoms with Gasteiger partial charge in [-0.25, -0.2) is 4.79 Å². The van der Waals surface area contributed by atoms with Gasteiger partial charge in [-0.15, -0.1) is 0 Å². The Kier molecular flexibility index (Phi) is 4.10. The number of hydrogen-bond acceptors (Lipinski definition) is 4. The maximum Gasteiger partial charge on any atom is 0.334 e. The third kappa shape index (κ3) is 2.73. The summed E-state index contributed by atoms with van der Waals surface area (Å²) < 4.78 is 10.8. The van der Waals surface area contributed by atoms with Crippen molar-refractivity contribution in [3.8, 4) is 0 Å². The minimum Gasteiger partial charge on any atom is -0.464 e. The van der Waals surface area contributed by atoms with Gasteiger partial charge in [0.25, 0.3) is 0 Å². The molecule has 1 aromatic carbocycles. The van der Waals surface area contributed by atoms with E-state index in [0.29, 0.717) is 19.6 Å². The van der Waals surface area contributed by atoms with Crippen LogP contribution >= 0.6 is 0 Å². The van der Waals surface area contributed by atoms with Gasteiger partial charge in [0.1, 0.15) is 0 Å². The summed E-state index contributed by atoms with van der Waals surface area (Å²) in [6, 6.07) is 7.98. The molecule has 104 valence electrons. The molecule has 2 rings (SSSR count). The lowest BCUT2D eigenvalue weighted by Gasteiger charge is -2.31. The Balaban J connectivity index is 2.23. The van der Waals surface area contributed by atoms with E-state index in [1.54, 1.807) is 0 Å². The van der Waals surface area contributed by atoms with Gasteiger partial charge in [-0.05, 0) is 32.9 Å². The maximum absolute atomic E-state index is 12.3. The summed E-state index contributed by atoms with van der Waals surface area (Å²) >= 11 is 0. The first kappa shape index (κ1) is 13.9. The zero-order chi connectivity index (χ0) is 13.9. The van der Waals surface area contributed by atoms with Crippen molar-refractivity contribution >= 4 is 11.7 Å². The van der Waals surface area contributed by atoms with Crippen LogP contribution in [-0.4, -0.2) is 30.8 Å². The Bertz CT molecular complexity index is 443. The highest BCUT2D eigenvalue weighted by molar-refractivity contribution is 5.86. The highest BCUT2D eigenvalue weighted by Crippen LogP contribution is 2.31. The van der Waals surface area contributed by atoms with Crippen LogP contribution in [0.4, 0.5) is 5.69 Å². The Hall–Kier alpha value is -1.55. The zero-order valence-electron chi connectivity index (χ0n) is 11.7. The Morgan fingerprint density at radius 3 is 2.68 bits per heavy atom. The SMILES string of the molecule is CCOC(=O)C1(Nc2ccc(C)cc2)CCOC1C. The van der Waals surface area contributed by atoms with Crippen LogP contribution in [0, 0.1) is 6.92 Å². The number of esters is 1. The molecule has 4 heteroatoms. The molecule has 1 N–H and O–H groups in total. The molecule has 0 radical (unpaired) electrons. The van der Waals surface area contributed by atoms with Gasteiger partial charge in [-0.1, -0.05) is 17.7 Å². The van der Waals surface area contributed by atoms with Crippen LogP contribution < -0.4 is 5.32 Å². The lowest BCUT2D eigenvalue weighted by atomic mass is 9.91. The van der Waals surface area contributed by atoms with E-state index in [1.165, 1.54) is 5.56 Å². The van der Waals surface area contributed by atoms with Crippen LogP contribution in [0.5, 0.6) is 0 Å². The van der Waals surface area contributed by atoms with Crippen molar-refractivity contribution in [1.29, 1.82) is 0 Å². The van der Waals surface area contributed by atoms with E-state index < -0.39 is 5.54 Å². The standard InChI is InChI=1S/C15H21NO3/c1-4-18-14(17)15(9-10-19-12(15)3)16-13-7-5-11(2)6-8-13/h5-8,12,16H,4,9-10H2,1-3H3. The van der Waals surface area contributed by atoms with Crippen LogP contribution in [0.15, 0.2) is 24.3 Å². The topological polar surface area (TPSA) is 47.6 Å². The Morgan fingerprint density at radius 1 is 1.47 bits per heavy atom. The molecule has 2 atom stereocenters. The first-order valence-corrected chi connectivity index (χ1v) is 6.72. The molecule has 1 heterocycles. The summed E-state index contributed by atoms with van der Waals surface area (Å²) in [5.41, 5.74) is 1.33. The molecule has 0 aliphatic carbocycles. The lowest BCUT2D eigenvalue weighted by molar-refractivity contribution is -0.150. The van der Waals surface area contributed by atoms with Gasteiger partial charge < -0.3 is 14.8 Å². The predicted octanol–water partition coefficient (Wildman–Crippen LogP) is 2.52. The van der Waals surface area contributed by atoms with Crippen molar-refractivity contribution in [2.24, 2.45) is 0 Å². The number of rotatable bonds is 4. The fourth-order valence-electron chi connectivity index (χ4n) is 2.38. The van der Waals surface area contributed by atoms with E-state index in [2.05, 4.69) is 5.32 Å². The number of carbonyl (C=O) groups excluding carboxylic acids is 1. The summed E-state index contributed by atoms with van der Waals surface area (Å²) in [7, 11) is 0. The molecule has 1 fully saturated rings. The van der Waals surface area contributed by atoms with Gasteiger partial charge in [0.05, 0.1) is 12.7 Å². The molecule has 0 aromatic heterocycles. The second-order valence-electron chi connectivity index (χ2n) is 4.95. The molecule has 0 spiro atoms. The number of aryl methyl sites for hydroxylation is 1. The predicted molar refractivity (Wildman–Crippen MR) is 74.2 cm³/mol. The monoisotopic (exact) mass is 263 g/mol. The molecule has 0 saturated carbocycles. The van der Waals surface area contributed by atoms with E-state index >= 15 is 0 Å². The number of ether oxygens (including phenoxy) is 2. The Morgan fingerprint density at radius 2 is 2.16 bits per heavy atom. The zero-order valence-corrected chi connectivity index (χ0v) is 11.7. The summed E-state index contributed by atoms with van der Waals surface area (Å²) in [5, 5.41) is 3.32. The number of anilines is 1. The van der Waals surface area contributed by atoms with Crippen molar-refractivity contribution in [2.45, 2.75) is 38.8 Å². The fourth-order valence-corrected chi connectivity index (χ4v) is 2.38. The quantitative estimate of drug-likeness (QED) is 0.848. The molecule has 19 heavy (non-hydrogen) atoms. The van der Waals surface area contributed by atoms with Crippen molar-refractivity contribution in [3.05, 3.63) is 29.8 Å². The molecule has 2 unspecified atom stereocenters. The van der Waals surface area contributed by atoms with Crippen LogP contribution in [0.3, 0.4) is 0 Å². The van der Waals surface area contributed by atoms with Crippen LogP contribution in [-0.2, 0) is 14.3 Å². The van der Waals surface area contributed by atoms with E-state index in [9.17, 15) is 4.79 Å². The second-order valence-corrected chi connectivity index (χ2v) is 4.95. The molecule has 0 bridgehead atoms. The number of nitrogens with one attached hydrogen (secondary N) is 1. The van der Waals surface area contributed by atoms with E-state index in [-0.39, 0.29) is 12.1 Å². The molecular formula is C15H21NO3. The summed E-state index contributed by atoms with van der Waals surface area (Å²) in [6.07, 6.45) is 0.425. The van der Waals surface area contributed by atoms with Gasteiger partial charge in [0, 0.05) is 18.7 Å². The molecule has 1 saturated heterocycles. The van der Waals surface area contributed by atoms with Crippen molar-refractivity contribution in [1.82, 2.24) is 0 Å². The van der Waals surface area contributed by atoms with Crippen LogP contribution in [0.25, 0.3) is 0 Å². The first-order valence-electron chi connectivity index (χ1n) is 6.72. The van der Waals surface area contributed by atoms with Crippen LogP contribution in [0.1, 0.15) is 25.8 Å². The average molecular weight is 263 g/mol. The third-order valence-electron chi connectivity index (χ3n) is 3.62. The first-order chi connectivity index (χ1) is 9.08. The highest BCUT2D eigenvalue weighted by atomic mass is 16.5. The van der Waals surface area contributed by atoms with E-state index in [4.69, 9.17) is 9.47 Å². The highest BCUT2D eigenvalue weighted by Gasteiger charge is 2.49. The molecule has 1 aliphatic rings. The lowest BCUT2D eigenvalue weighted by Crippen LogP contribution is -2.52. The summed E-state index contributed by atoms with van der Waals surface area (Å²) in [4.78, 5) is 12.3. The van der Waals surface area contributed by atoms with Crippen molar-refractivity contribution < 1.29 is 14.3 Å². The van der Waals surface area contributed by atoms with Crippen LogP contribution in [0.2, 0.25) is 0 Å². The van der Waals surface area contributed by atoms with Gasteiger partial charge >= 0.3 is 5.97 Å². The third-order valence-corrected chi connectivity index (χ3v) is 3.62.